The lowest BCUT2D eigenvalue weighted by atomic mass is 9.78. The second-order valence-corrected chi connectivity index (χ2v) is 4.60. The van der Waals surface area contributed by atoms with Crippen LogP contribution in [0.2, 0.25) is 0 Å². The largest absolute Gasteiger partial charge is 0.0991 e. The Bertz CT molecular complexity index is 214. The Morgan fingerprint density at radius 1 is 1.31 bits per heavy atom. The molecule has 0 radical (unpaired) electrons. The molecule has 0 aromatic carbocycles. The van der Waals surface area contributed by atoms with Crippen molar-refractivity contribution in [3.8, 4) is 0 Å². The maximum atomic E-state index is 3.75. The number of allylic oxidation sites excluding steroid dienone is 3. The molecule has 2 aliphatic carbocycles. The number of hydrogen-bond acceptors (Lipinski definition) is 0. The van der Waals surface area contributed by atoms with Crippen molar-refractivity contribution in [1.29, 1.82) is 0 Å². The van der Waals surface area contributed by atoms with Gasteiger partial charge in [0.05, 0.1) is 0 Å². The zero-order valence-electron chi connectivity index (χ0n) is 8.58. The number of hydrogen-bond donors (Lipinski definition) is 0. The molecule has 0 spiro atoms. The molecule has 2 fully saturated rings. The number of fused-ring (bicyclic) bond motifs is 2. The molecule has 4 atom stereocenters. The summed E-state index contributed by atoms with van der Waals surface area (Å²) < 4.78 is 0. The van der Waals surface area contributed by atoms with Crippen LogP contribution in [0, 0.1) is 23.7 Å². The molecule has 2 bridgehead atoms. The third-order valence-electron chi connectivity index (χ3n) is 4.10. The van der Waals surface area contributed by atoms with E-state index in [1.165, 1.54) is 25.7 Å². The lowest BCUT2D eigenvalue weighted by molar-refractivity contribution is 0.258. The van der Waals surface area contributed by atoms with E-state index in [9.17, 15) is 0 Å². The van der Waals surface area contributed by atoms with Crippen molar-refractivity contribution in [2.45, 2.75) is 32.6 Å². The van der Waals surface area contributed by atoms with Crippen molar-refractivity contribution < 1.29 is 0 Å². The molecule has 72 valence electrons. The van der Waals surface area contributed by atoms with E-state index in [1.54, 1.807) is 0 Å². The highest BCUT2D eigenvalue weighted by Gasteiger charge is 2.44. The van der Waals surface area contributed by atoms with Crippen LogP contribution < -0.4 is 0 Å². The first kappa shape index (κ1) is 9.05. The molecule has 0 aromatic heterocycles. The minimum absolute atomic E-state index is 0.877. The van der Waals surface area contributed by atoms with E-state index in [0.717, 1.165) is 23.7 Å². The van der Waals surface area contributed by atoms with Gasteiger partial charge in [-0.15, -0.1) is 0 Å². The van der Waals surface area contributed by atoms with E-state index >= 15 is 0 Å². The van der Waals surface area contributed by atoms with Crippen LogP contribution in [0.4, 0.5) is 0 Å². The molecular formula is C13H20. The third-order valence-corrected chi connectivity index (χ3v) is 4.10. The van der Waals surface area contributed by atoms with E-state index < -0.39 is 0 Å². The van der Waals surface area contributed by atoms with Crippen LogP contribution in [0.1, 0.15) is 32.6 Å². The summed E-state index contributed by atoms with van der Waals surface area (Å²) >= 11 is 0. The Balaban J connectivity index is 2.08. The molecule has 0 heterocycles. The molecule has 0 nitrogen and oxygen atoms in total. The fourth-order valence-corrected chi connectivity index (χ4v) is 3.57. The Morgan fingerprint density at radius 2 is 2.08 bits per heavy atom. The fourth-order valence-electron chi connectivity index (χ4n) is 3.57. The minimum atomic E-state index is 0.877. The summed E-state index contributed by atoms with van der Waals surface area (Å²) in [4.78, 5) is 0. The first-order valence-electron chi connectivity index (χ1n) is 5.66. The van der Waals surface area contributed by atoms with Crippen LogP contribution in [-0.2, 0) is 0 Å². The second kappa shape index (κ2) is 3.69. The van der Waals surface area contributed by atoms with E-state index in [-0.39, 0.29) is 0 Å². The maximum Gasteiger partial charge on any atom is -0.0171 e. The van der Waals surface area contributed by atoms with Gasteiger partial charge in [-0.1, -0.05) is 38.2 Å². The topological polar surface area (TPSA) is 0 Å². The lowest BCUT2D eigenvalue weighted by Crippen LogP contribution is -2.19. The Morgan fingerprint density at radius 3 is 2.77 bits per heavy atom. The standard InChI is InChI=1S/C13H20/c1-3-5-6-13-11-8-7-10(9-11)12(13)4-2/h3,5-6,10-13H,1,4,7-9H2,2H3/b6-5+. The van der Waals surface area contributed by atoms with Crippen molar-refractivity contribution in [2.24, 2.45) is 23.7 Å². The van der Waals surface area contributed by atoms with Crippen LogP contribution >= 0.6 is 0 Å². The maximum absolute atomic E-state index is 3.75. The van der Waals surface area contributed by atoms with Crippen molar-refractivity contribution in [3.05, 3.63) is 24.8 Å². The molecule has 0 amide bonds. The van der Waals surface area contributed by atoms with Crippen LogP contribution in [0.15, 0.2) is 24.8 Å². The second-order valence-electron chi connectivity index (χ2n) is 4.60. The summed E-state index contributed by atoms with van der Waals surface area (Å²) in [5, 5.41) is 0. The van der Waals surface area contributed by atoms with Crippen molar-refractivity contribution in [2.75, 3.05) is 0 Å². The molecule has 2 saturated carbocycles. The Labute approximate surface area is 81.7 Å². The normalized spacial score (nSPS) is 43.2. The molecule has 0 aromatic rings. The molecule has 0 aliphatic heterocycles. The van der Waals surface area contributed by atoms with Gasteiger partial charge in [-0.05, 0) is 42.9 Å². The van der Waals surface area contributed by atoms with Crippen molar-refractivity contribution in [1.82, 2.24) is 0 Å². The minimum Gasteiger partial charge on any atom is -0.0991 e. The fraction of sp³-hybridized carbons (Fsp3) is 0.692. The van der Waals surface area contributed by atoms with Gasteiger partial charge in [0.15, 0.2) is 0 Å². The summed E-state index contributed by atoms with van der Waals surface area (Å²) in [6.07, 6.45) is 12.3. The van der Waals surface area contributed by atoms with E-state index in [4.69, 9.17) is 0 Å². The molecule has 0 heteroatoms. The van der Waals surface area contributed by atoms with E-state index in [0.29, 0.717) is 0 Å². The predicted molar refractivity (Wildman–Crippen MR) is 57.4 cm³/mol. The Kier molecular flexibility index (Phi) is 2.57. The third kappa shape index (κ3) is 1.47. The summed E-state index contributed by atoms with van der Waals surface area (Å²) in [5.41, 5.74) is 0. The van der Waals surface area contributed by atoms with Gasteiger partial charge in [-0.2, -0.15) is 0 Å². The van der Waals surface area contributed by atoms with Gasteiger partial charge in [-0.25, -0.2) is 0 Å². The van der Waals surface area contributed by atoms with E-state index in [1.807, 2.05) is 6.08 Å². The van der Waals surface area contributed by atoms with Gasteiger partial charge < -0.3 is 0 Å². The highest BCUT2D eigenvalue weighted by atomic mass is 14.5. The lowest BCUT2D eigenvalue weighted by Gasteiger charge is -2.27. The Hall–Kier alpha value is -0.520. The zero-order chi connectivity index (χ0) is 9.26. The zero-order valence-corrected chi connectivity index (χ0v) is 8.58. The van der Waals surface area contributed by atoms with Gasteiger partial charge in [0.25, 0.3) is 0 Å². The quantitative estimate of drug-likeness (QED) is 0.574. The van der Waals surface area contributed by atoms with Crippen LogP contribution in [-0.4, -0.2) is 0 Å². The molecule has 2 rings (SSSR count). The molecule has 0 saturated heterocycles. The molecule has 13 heavy (non-hydrogen) atoms. The van der Waals surface area contributed by atoms with Gasteiger partial charge >= 0.3 is 0 Å². The van der Waals surface area contributed by atoms with Crippen molar-refractivity contribution >= 4 is 0 Å². The molecule has 4 unspecified atom stereocenters. The monoisotopic (exact) mass is 176 g/mol. The number of rotatable bonds is 3. The highest BCUT2D eigenvalue weighted by molar-refractivity contribution is 5.08. The molecular weight excluding hydrogens is 156 g/mol. The van der Waals surface area contributed by atoms with Gasteiger partial charge in [-0.3, -0.25) is 0 Å². The summed E-state index contributed by atoms with van der Waals surface area (Å²) in [7, 11) is 0. The molecule has 0 N–H and O–H groups in total. The first-order valence-corrected chi connectivity index (χ1v) is 5.66. The summed E-state index contributed by atoms with van der Waals surface area (Å²) in [6.45, 7) is 6.10. The van der Waals surface area contributed by atoms with Gasteiger partial charge in [0.1, 0.15) is 0 Å². The molecule has 2 aliphatic rings. The highest BCUT2D eigenvalue weighted by Crippen LogP contribution is 2.53. The average molecular weight is 176 g/mol. The summed E-state index contributed by atoms with van der Waals surface area (Å²) in [6, 6.07) is 0. The SMILES string of the molecule is C=C/C=C/C1C2CCC(C2)C1CC. The van der Waals surface area contributed by atoms with Crippen LogP contribution in [0.5, 0.6) is 0 Å². The smallest absolute Gasteiger partial charge is 0.0171 e. The van der Waals surface area contributed by atoms with Crippen molar-refractivity contribution in [3.63, 3.8) is 0 Å². The van der Waals surface area contributed by atoms with Gasteiger partial charge in [0, 0.05) is 0 Å². The first-order chi connectivity index (χ1) is 6.36. The average Bonchev–Trinajstić information content (AvgIpc) is 2.73. The van der Waals surface area contributed by atoms with Crippen LogP contribution in [0.3, 0.4) is 0 Å². The predicted octanol–water partition coefficient (Wildman–Crippen LogP) is 3.80. The summed E-state index contributed by atoms with van der Waals surface area (Å²) in [5.74, 6) is 3.91. The van der Waals surface area contributed by atoms with Gasteiger partial charge in [0.2, 0.25) is 0 Å². The van der Waals surface area contributed by atoms with E-state index in [2.05, 4.69) is 25.7 Å². The van der Waals surface area contributed by atoms with Crippen LogP contribution in [0.25, 0.3) is 0 Å².